The van der Waals surface area contributed by atoms with Crippen LogP contribution >= 0.6 is 0 Å². The number of terminal acetylenes is 1. The summed E-state index contributed by atoms with van der Waals surface area (Å²) in [6.45, 7) is 1.59. The summed E-state index contributed by atoms with van der Waals surface area (Å²) in [4.78, 5) is 22.0. The minimum Gasteiger partial charge on any atom is -0.335 e. The molecule has 0 aliphatic heterocycles. The maximum absolute atomic E-state index is 11.0. The minimum absolute atomic E-state index is 0.195. The van der Waals surface area contributed by atoms with Crippen LogP contribution in [0.1, 0.15) is 13.3 Å². The normalized spacial score (nSPS) is 10.5. The summed E-state index contributed by atoms with van der Waals surface area (Å²) in [5.74, 6) is 0.655. The number of carbonyl (C=O) groups excluding carboxylic acids is 2. The Morgan fingerprint density at radius 2 is 2.14 bits per heavy atom. The van der Waals surface area contributed by atoms with Crippen molar-refractivity contribution in [2.24, 2.45) is 0 Å². The standard InChI is InChI=1S/C9H11N3O2/c1-3-7(4-2)12-9(14)8(13)11-6-5-10/h1,7H,4,6H2,2H3,(H,11,13)(H,12,14). The molecule has 1 atom stereocenters. The summed E-state index contributed by atoms with van der Waals surface area (Å²) >= 11 is 0. The van der Waals surface area contributed by atoms with Crippen LogP contribution in [0.3, 0.4) is 0 Å². The van der Waals surface area contributed by atoms with Gasteiger partial charge in [0.15, 0.2) is 0 Å². The molecule has 1 unspecified atom stereocenters. The second kappa shape index (κ2) is 6.50. The quantitative estimate of drug-likeness (QED) is 0.348. The van der Waals surface area contributed by atoms with Crippen molar-refractivity contribution in [3.63, 3.8) is 0 Å². The smallest absolute Gasteiger partial charge is 0.310 e. The molecule has 0 bridgehead atoms. The zero-order chi connectivity index (χ0) is 11.0. The minimum atomic E-state index is -0.847. The number of nitriles is 1. The van der Waals surface area contributed by atoms with E-state index < -0.39 is 17.9 Å². The Morgan fingerprint density at radius 3 is 2.57 bits per heavy atom. The van der Waals surface area contributed by atoms with E-state index in [1.807, 2.05) is 0 Å². The van der Waals surface area contributed by atoms with Crippen LogP contribution in [0.25, 0.3) is 0 Å². The predicted molar refractivity (Wildman–Crippen MR) is 49.7 cm³/mol. The van der Waals surface area contributed by atoms with E-state index >= 15 is 0 Å². The van der Waals surface area contributed by atoms with E-state index in [1.165, 1.54) is 0 Å². The van der Waals surface area contributed by atoms with Gasteiger partial charge >= 0.3 is 11.8 Å². The van der Waals surface area contributed by atoms with Gasteiger partial charge in [-0.25, -0.2) is 0 Å². The molecule has 0 aromatic carbocycles. The number of carbonyl (C=O) groups is 2. The van der Waals surface area contributed by atoms with Crippen molar-refractivity contribution in [3.8, 4) is 18.4 Å². The largest absolute Gasteiger partial charge is 0.335 e. The maximum atomic E-state index is 11.0. The lowest BCUT2D eigenvalue weighted by molar-refractivity contribution is -0.139. The van der Waals surface area contributed by atoms with Gasteiger partial charge < -0.3 is 10.6 Å². The van der Waals surface area contributed by atoms with Crippen molar-refractivity contribution in [2.45, 2.75) is 19.4 Å². The topological polar surface area (TPSA) is 82.0 Å². The monoisotopic (exact) mass is 193 g/mol. The van der Waals surface area contributed by atoms with E-state index in [4.69, 9.17) is 11.7 Å². The number of hydrogen-bond acceptors (Lipinski definition) is 3. The molecular weight excluding hydrogens is 182 g/mol. The molecule has 0 saturated carbocycles. The van der Waals surface area contributed by atoms with E-state index in [2.05, 4.69) is 16.6 Å². The lowest BCUT2D eigenvalue weighted by Gasteiger charge is -2.09. The zero-order valence-electron chi connectivity index (χ0n) is 7.83. The van der Waals surface area contributed by atoms with Gasteiger partial charge in [0, 0.05) is 0 Å². The fourth-order valence-corrected chi connectivity index (χ4v) is 0.685. The van der Waals surface area contributed by atoms with E-state index in [1.54, 1.807) is 13.0 Å². The van der Waals surface area contributed by atoms with Crippen LogP contribution in [-0.2, 0) is 9.59 Å². The molecule has 5 heteroatoms. The van der Waals surface area contributed by atoms with Gasteiger partial charge in [-0.1, -0.05) is 12.8 Å². The number of rotatable bonds is 3. The molecule has 0 rings (SSSR count). The van der Waals surface area contributed by atoms with Crippen molar-refractivity contribution in [1.82, 2.24) is 10.6 Å². The van der Waals surface area contributed by atoms with Crippen LogP contribution < -0.4 is 10.6 Å². The predicted octanol–water partition coefficient (Wildman–Crippen LogP) is -0.846. The number of hydrogen-bond donors (Lipinski definition) is 2. The van der Waals surface area contributed by atoms with Crippen LogP contribution in [0.2, 0.25) is 0 Å². The second-order valence-corrected chi connectivity index (χ2v) is 2.44. The average Bonchev–Trinajstić information content (AvgIpc) is 2.21. The van der Waals surface area contributed by atoms with Crippen LogP contribution in [0, 0.1) is 23.7 Å². The summed E-state index contributed by atoms with van der Waals surface area (Å²) in [5.41, 5.74) is 0. The molecule has 0 aromatic rings. The van der Waals surface area contributed by atoms with Gasteiger partial charge in [0.2, 0.25) is 0 Å². The summed E-state index contributed by atoms with van der Waals surface area (Å²) in [6.07, 6.45) is 5.63. The van der Waals surface area contributed by atoms with Gasteiger partial charge in [-0.2, -0.15) is 5.26 Å². The summed E-state index contributed by atoms with van der Waals surface area (Å²) < 4.78 is 0. The molecule has 14 heavy (non-hydrogen) atoms. The van der Waals surface area contributed by atoms with E-state index in [9.17, 15) is 9.59 Å². The van der Waals surface area contributed by atoms with E-state index in [0.717, 1.165) is 0 Å². The van der Waals surface area contributed by atoms with Crippen molar-refractivity contribution in [1.29, 1.82) is 5.26 Å². The third-order valence-corrected chi connectivity index (χ3v) is 1.45. The van der Waals surface area contributed by atoms with Gasteiger partial charge in [-0.15, -0.1) is 6.42 Å². The van der Waals surface area contributed by atoms with Gasteiger partial charge in [-0.05, 0) is 6.42 Å². The molecular formula is C9H11N3O2. The SMILES string of the molecule is C#CC(CC)NC(=O)C(=O)NCC#N. The first-order chi connectivity index (χ1) is 6.65. The molecule has 0 aliphatic rings. The molecule has 74 valence electrons. The lowest BCUT2D eigenvalue weighted by Crippen LogP contribution is -2.44. The molecule has 0 fully saturated rings. The Hall–Kier alpha value is -2.01. The molecule has 0 aromatic heterocycles. The fourth-order valence-electron chi connectivity index (χ4n) is 0.685. The highest BCUT2D eigenvalue weighted by Crippen LogP contribution is 1.87. The molecule has 0 aliphatic carbocycles. The van der Waals surface area contributed by atoms with Crippen LogP contribution in [-0.4, -0.2) is 24.4 Å². The van der Waals surface area contributed by atoms with Crippen molar-refractivity contribution in [3.05, 3.63) is 0 Å². The first-order valence-corrected chi connectivity index (χ1v) is 4.07. The summed E-state index contributed by atoms with van der Waals surface area (Å²) in [7, 11) is 0. The summed E-state index contributed by atoms with van der Waals surface area (Å²) in [5, 5.41) is 12.6. The van der Waals surface area contributed by atoms with Crippen LogP contribution in [0.15, 0.2) is 0 Å². The molecule has 5 nitrogen and oxygen atoms in total. The Bertz CT molecular complexity index is 298. The molecule has 0 saturated heterocycles. The first kappa shape index (κ1) is 12.0. The highest BCUT2D eigenvalue weighted by atomic mass is 16.2. The van der Waals surface area contributed by atoms with E-state index in [-0.39, 0.29) is 6.54 Å². The van der Waals surface area contributed by atoms with Gasteiger partial charge in [0.05, 0.1) is 12.1 Å². The Labute approximate surface area is 82.5 Å². The van der Waals surface area contributed by atoms with Gasteiger partial charge in [0.25, 0.3) is 0 Å². The van der Waals surface area contributed by atoms with Crippen molar-refractivity contribution < 1.29 is 9.59 Å². The Morgan fingerprint density at radius 1 is 1.50 bits per heavy atom. The highest BCUT2D eigenvalue weighted by Gasteiger charge is 2.15. The number of nitrogens with zero attached hydrogens (tertiary/aromatic N) is 1. The molecule has 2 amide bonds. The van der Waals surface area contributed by atoms with Gasteiger partial charge in [0.1, 0.15) is 6.54 Å². The lowest BCUT2D eigenvalue weighted by atomic mass is 10.2. The average molecular weight is 193 g/mol. The van der Waals surface area contributed by atoms with Crippen molar-refractivity contribution >= 4 is 11.8 Å². The molecule has 0 heterocycles. The third kappa shape index (κ3) is 4.13. The fraction of sp³-hybridized carbons (Fsp3) is 0.444. The zero-order valence-corrected chi connectivity index (χ0v) is 7.83. The summed E-state index contributed by atoms with van der Waals surface area (Å²) in [6, 6.07) is 1.23. The van der Waals surface area contributed by atoms with Crippen LogP contribution in [0.5, 0.6) is 0 Å². The first-order valence-electron chi connectivity index (χ1n) is 4.07. The number of nitrogens with one attached hydrogen (secondary N) is 2. The third-order valence-electron chi connectivity index (χ3n) is 1.45. The maximum Gasteiger partial charge on any atom is 0.310 e. The highest BCUT2D eigenvalue weighted by molar-refractivity contribution is 6.35. The van der Waals surface area contributed by atoms with E-state index in [0.29, 0.717) is 6.42 Å². The second-order valence-electron chi connectivity index (χ2n) is 2.44. The van der Waals surface area contributed by atoms with Crippen molar-refractivity contribution in [2.75, 3.05) is 6.54 Å². The molecule has 0 radical (unpaired) electrons. The Kier molecular flexibility index (Phi) is 5.57. The number of amides is 2. The molecule has 2 N–H and O–H groups in total. The van der Waals surface area contributed by atoms with Gasteiger partial charge in [-0.3, -0.25) is 9.59 Å². The Balaban J connectivity index is 4.03. The molecule has 0 spiro atoms. The van der Waals surface area contributed by atoms with Crippen LogP contribution in [0.4, 0.5) is 0 Å².